The second-order valence-corrected chi connectivity index (χ2v) is 7.87. The standard InChI is InChI=1S/C15H15N3OS.2C2HF3O2/c19-14(11-3-7-20-8-11)18-10-15(4-6-16-9-15)13-12(18)2-1-5-17-13;2*3-2(4,5)1(6)7/h1-3,5,7-8,16H,4,6,9-10H2;2*(H,6,7). The zero-order chi connectivity index (χ0) is 25.7. The van der Waals surface area contributed by atoms with Gasteiger partial charge in [-0.2, -0.15) is 37.7 Å². The van der Waals surface area contributed by atoms with Crippen molar-refractivity contribution in [3.63, 3.8) is 0 Å². The number of aliphatic carboxylic acids is 2. The Bertz CT molecular complexity index is 996. The summed E-state index contributed by atoms with van der Waals surface area (Å²) in [6.07, 6.45) is -7.29. The molecule has 4 rings (SSSR count). The Morgan fingerprint density at radius 2 is 1.65 bits per heavy atom. The van der Waals surface area contributed by atoms with Crippen molar-refractivity contribution in [3.8, 4) is 0 Å². The SMILES string of the molecule is O=C(O)C(F)(F)F.O=C(O)C(F)(F)F.O=C(c1ccsc1)N1CC2(CCNC2)c2ncccc21. The molecule has 15 heteroatoms. The largest absolute Gasteiger partial charge is 0.490 e. The number of amides is 1. The van der Waals surface area contributed by atoms with Crippen molar-refractivity contribution in [3.05, 3.63) is 46.4 Å². The molecular weight excluding hydrogens is 496 g/mol. The fraction of sp³-hybridized carbons (Fsp3) is 0.368. The number of rotatable bonds is 1. The number of hydrogen-bond donors (Lipinski definition) is 3. The van der Waals surface area contributed by atoms with E-state index < -0.39 is 24.3 Å². The summed E-state index contributed by atoms with van der Waals surface area (Å²) in [7, 11) is 0. The van der Waals surface area contributed by atoms with Gasteiger partial charge in [0.15, 0.2) is 0 Å². The average molecular weight is 513 g/mol. The Morgan fingerprint density at radius 1 is 1.06 bits per heavy atom. The Balaban J connectivity index is 0.000000244. The number of aromatic nitrogens is 1. The number of hydrogen-bond acceptors (Lipinski definition) is 6. The molecule has 0 aliphatic carbocycles. The van der Waals surface area contributed by atoms with Crippen LogP contribution in [0.5, 0.6) is 0 Å². The molecule has 186 valence electrons. The number of carboxylic acids is 2. The molecule has 2 aromatic rings. The molecule has 0 radical (unpaired) electrons. The van der Waals surface area contributed by atoms with Gasteiger partial charge >= 0.3 is 24.3 Å². The Hall–Kier alpha value is -3.20. The smallest absolute Gasteiger partial charge is 0.475 e. The lowest BCUT2D eigenvalue weighted by Gasteiger charge is -2.22. The van der Waals surface area contributed by atoms with E-state index in [-0.39, 0.29) is 11.3 Å². The molecule has 1 spiro atoms. The van der Waals surface area contributed by atoms with Gasteiger partial charge in [0.2, 0.25) is 0 Å². The number of pyridine rings is 1. The van der Waals surface area contributed by atoms with Crippen LogP contribution in [0, 0.1) is 0 Å². The van der Waals surface area contributed by atoms with Gasteiger partial charge in [-0.1, -0.05) is 0 Å². The van der Waals surface area contributed by atoms with Crippen LogP contribution in [0.2, 0.25) is 0 Å². The van der Waals surface area contributed by atoms with Gasteiger partial charge in [0.05, 0.1) is 16.9 Å². The highest BCUT2D eigenvalue weighted by atomic mass is 32.1. The first-order chi connectivity index (χ1) is 15.7. The molecule has 2 aliphatic heterocycles. The summed E-state index contributed by atoms with van der Waals surface area (Å²) in [5.74, 6) is -5.43. The molecule has 2 aliphatic rings. The van der Waals surface area contributed by atoms with E-state index >= 15 is 0 Å². The van der Waals surface area contributed by atoms with E-state index in [0.717, 1.165) is 43.0 Å². The third-order valence-electron chi connectivity index (χ3n) is 4.78. The first kappa shape index (κ1) is 27.0. The molecule has 2 aromatic heterocycles. The van der Waals surface area contributed by atoms with Crippen molar-refractivity contribution in [2.75, 3.05) is 24.5 Å². The van der Waals surface area contributed by atoms with Gasteiger partial charge in [0.1, 0.15) is 0 Å². The van der Waals surface area contributed by atoms with Gasteiger partial charge in [-0.25, -0.2) is 9.59 Å². The summed E-state index contributed by atoms with van der Waals surface area (Å²) in [6, 6.07) is 5.81. The Labute approximate surface area is 191 Å². The van der Waals surface area contributed by atoms with E-state index in [0.29, 0.717) is 0 Å². The van der Waals surface area contributed by atoms with E-state index in [1.165, 1.54) is 0 Å². The molecule has 34 heavy (non-hydrogen) atoms. The predicted octanol–water partition coefficient (Wildman–Crippen LogP) is 3.30. The van der Waals surface area contributed by atoms with Crippen LogP contribution in [-0.2, 0) is 15.0 Å². The third-order valence-corrected chi connectivity index (χ3v) is 5.47. The van der Waals surface area contributed by atoms with Crippen LogP contribution >= 0.6 is 11.3 Å². The summed E-state index contributed by atoms with van der Waals surface area (Å²) < 4.78 is 63.5. The van der Waals surface area contributed by atoms with Crippen LogP contribution in [0.3, 0.4) is 0 Å². The summed E-state index contributed by atoms with van der Waals surface area (Å²) in [5, 5.41) is 21.5. The highest BCUT2D eigenvalue weighted by Crippen LogP contribution is 2.43. The van der Waals surface area contributed by atoms with Crippen molar-refractivity contribution in [1.82, 2.24) is 10.3 Å². The van der Waals surface area contributed by atoms with Crippen molar-refractivity contribution in [1.29, 1.82) is 0 Å². The molecule has 8 nitrogen and oxygen atoms in total. The van der Waals surface area contributed by atoms with Crippen LogP contribution < -0.4 is 10.2 Å². The van der Waals surface area contributed by atoms with Crippen LogP contribution in [0.15, 0.2) is 35.2 Å². The minimum Gasteiger partial charge on any atom is -0.475 e. The number of fused-ring (bicyclic) bond motifs is 2. The van der Waals surface area contributed by atoms with Gasteiger partial charge < -0.3 is 20.4 Å². The van der Waals surface area contributed by atoms with E-state index in [1.54, 1.807) is 11.3 Å². The number of alkyl halides is 6. The maximum absolute atomic E-state index is 12.7. The number of carbonyl (C=O) groups excluding carboxylic acids is 1. The number of halogens is 6. The summed E-state index contributed by atoms with van der Waals surface area (Å²) in [4.78, 5) is 37.0. The summed E-state index contributed by atoms with van der Waals surface area (Å²) >= 11 is 1.56. The van der Waals surface area contributed by atoms with E-state index in [4.69, 9.17) is 19.8 Å². The van der Waals surface area contributed by atoms with Crippen molar-refractivity contribution in [2.24, 2.45) is 0 Å². The Kier molecular flexibility index (Phi) is 8.26. The van der Waals surface area contributed by atoms with E-state index in [1.807, 2.05) is 40.1 Å². The second-order valence-electron chi connectivity index (χ2n) is 7.09. The van der Waals surface area contributed by atoms with Gasteiger partial charge in [-0.05, 0) is 36.5 Å². The average Bonchev–Trinajstić information content (AvgIpc) is 3.49. The molecule has 1 unspecified atom stereocenters. The second kappa shape index (κ2) is 10.4. The van der Waals surface area contributed by atoms with Gasteiger partial charge in [0.25, 0.3) is 5.91 Å². The fourth-order valence-corrected chi connectivity index (χ4v) is 3.92. The molecule has 1 amide bonds. The normalized spacial score (nSPS) is 18.9. The van der Waals surface area contributed by atoms with E-state index in [2.05, 4.69) is 10.3 Å². The third kappa shape index (κ3) is 6.44. The zero-order valence-corrected chi connectivity index (χ0v) is 17.8. The van der Waals surface area contributed by atoms with Gasteiger partial charge in [-0.3, -0.25) is 9.78 Å². The lowest BCUT2D eigenvalue weighted by atomic mass is 9.85. The number of carboxylic acid groups (broad SMARTS) is 2. The molecule has 1 atom stereocenters. The van der Waals surface area contributed by atoms with E-state index in [9.17, 15) is 31.1 Å². The summed E-state index contributed by atoms with van der Waals surface area (Å²) in [5.41, 5.74) is 2.83. The van der Waals surface area contributed by atoms with Crippen molar-refractivity contribution < 1.29 is 50.9 Å². The van der Waals surface area contributed by atoms with Crippen LogP contribution in [-0.4, -0.2) is 65.0 Å². The molecule has 0 bridgehead atoms. The highest BCUT2D eigenvalue weighted by molar-refractivity contribution is 7.08. The molecule has 1 saturated heterocycles. The van der Waals surface area contributed by atoms with Crippen molar-refractivity contribution in [2.45, 2.75) is 24.2 Å². The molecule has 4 heterocycles. The van der Waals surface area contributed by atoms with Crippen molar-refractivity contribution >= 4 is 34.9 Å². The zero-order valence-electron chi connectivity index (χ0n) is 17.0. The highest BCUT2D eigenvalue weighted by Gasteiger charge is 2.47. The Morgan fingerprint density at radius 3 is 2.09 bits per heavy atom. The first-order valence-corrected chi connectivity index (χ1v) is 10.2. The fourth-order valence-electron chi connectivity index (χ4n) is 3.29. The molecule has 0 aromatic carbocycles. The lowest BCUT2D eigenvalue weighted by molar-refractivity contribution is -0.193. The molecular formula is C19H17F6N3O5S. The minimum atomic E-state index is -5.08. The monoisotopic (exact) mass is 513 g/mol. The van der Waals surface area contributed by atoms with Gasteiger partial charge in [-0.15, -0.1) is 0 Å². The lowest BCUT2D eigenvalue weighted by Crippen LogP contribution is -2.38. The number of carbonyl (C=O) groups is 3. The number of nitrogens with zero attached hydrogens (tertiary/aromatic N) is 2. The molecule has 3 N–H and O–H groups in total. The molecule has 0 saturated carbocycles. The van der Waals surface area contributed by atoms with Crippen LogP contribution in [0.25, 0.3) is 0 Å². The predicted molar refractivity (Wildman–Crippen MR) is 107 cm³/mol. The quantitative estimate of drug-likeness (QED) is 0.501. The maximum atomic E-state index is 12.7. The van der Waals surface area contributed by atoms with Crippen LogP contribution in [0.1, 0.15) is 22.5 Å². The number of anilines is 1. The topological polar surface area (TPSA) is 120 Å². The van der Waals surface area contributed by atoms with Crippen LogP contribution in [0.4, 0.5) is 32.0 Å². The van der Waals surface area contributed by atoms with Gasteiger partial charge in [0, 0.05) is 30.1 Å². The number of nitrogens with one attached hydrogen (secondary N) is 1. The number of thiophene rings is 1. The molecule has 1 fully saturated rings. The first-order valence-electron chi connectivity index (χ1n) is 9.29. The minimum absolute atomic E-state index is 0.00226. The maximum Gasteiger partial charge on any atom is 0.490 e. The summed E-state index contributed by atoms with van der Waals surface area (Å²) in [6.45, 7) is 2.64.